The molecule has 0 aliphatic heterocycles. The van der Waals surface area contributed by atoms with Crippen molar-refractivity contribution in [1.29, 1.82) is 0 Å². The molecule has 1 aromatic heterocycles. The molecule has 1 saturated carbocycles. The quantitative estimate of drug-likeness (QED) is 0.629. The summed E-state index contributed by atoms with van der Waals surface area (Å²) in [7, 11) is 1.69. The lowest BCUT2D eigenvalue weighted by atomic mass is 10.1. The van der Waals surface area contributed by atoms with Crippen LogP contribution in [0.3, 0.4) is 0 Å². The van der Waals surface area contributed by atoms with Crippen LogP contribution in [0, 0.1) is 0 Å². The summed E-state index contributed by atoms with van der Waals surface area (Å²) in [6, 6.07) is -0.635. The van der Waals surface area contributed by atoms with Crippen molar-refractivity contribution in [1.82, 2.24) is 20.4 Å². The summed E-state index contributed by atoms with van der Waals surface area (Å²) < 4.78 is 1.50. The van der Waals surface area contributed by atoms with Gasteiger partial charge < -0.3 is 15.7 Å². The zero-order valence-corrected chi connectivity index (χ0v) is 10.1. The van der Waals surface area contributed by atoms with Gasteiger partial charge in [0, 0.05) is 24.8 Å². The van der Waals surface area contributed by atoms with Crippen LogP contribution >= 0.6 is 0 Å². The number of hydrogen-bond donors (Lipinski definition) is 3. The molecule has 0 aromatic carbocycles. The molecule has 1 heterocycles. The minimum atomic E-state index is -1.09. The number of carboxylic acids is 1. The van der Waals surface area contributed by atoms with Crippen molar-refractivity contribution in [3.63, 3.8) is 0 Å². The van der Waals surface area contributed by atoms with Gasteiger partial charge in [-0.3, -0.25) is 9.48 Å². The van der Waals surface area contributed by atoms with Gasteiger partial charge in [0.2, 0.25) is 5.91 Å². The normalized spacial score (nSPS) is 16.3. The first-order valence-corrected chi connectivity index (χ1v) is 5.80. The summed E-state index contributed by atoms with van der Waals surface area (Å²) in [4.78, 5) is 22.7. The van der Waals surface area contributed by atoms with Crippen LogP contribution < -0.4 is 10.6 Å². The number of nitrogens with one attached hydrogen (secondary N) is 2. The van der Waals surface area contributed by atoms with E-state index in [-0.39, 0.29) is 12.5 Å². The smallest absolute Gasteiger partial charge is 0.331 e. The van der Waals surface area contributed by atoms with Crippen LogP contribution in [0.25, 0.3) is 0 Å². The van der Waals surface area contributed by atoms with E-state index in [0.717, 1.165) is 12.8 Å². The molecule has 1 aromatic rings. The molecule has 7 heteroatoms. The van der Waals surface area contributed by atoms with Gasteiger partial charge in [-0.25, -0.2) is 4.79 Å². The number of rotatable bonds is 6. The summed E-state index contributed by atoms with van der Waals surface area (Å²) in [6.07, 6.45) is 5.18. The Balaban J connectivity index is 1.92. The van der Waals surface area contributed by atoms with E-state index in [1.54, 1.807) is 13.2 Å². The van der Waals surface area contributed by atoms with Crippen molar-refractivity contribution >= 4 is 11.9 Å². The lowest BCUT2D eigenvalue weighted by Crippen LogP contribution is -2.39. The van der Waals surface area contributed by atoms with Crippen LogP contribution in [0.5, 0.6) is 0 Å². The van der Waals surface area contributed by atoms with Gasteiger partial charge in [0.1, 0.15) is 0 Å². The minimum absolute atomic E-state index is 0.148. The van der Waals surface area contributed by atoms with E-state index in [1.165, 1.54) is 10.9 Å². The van der Waals surface area contributed by atoms with Crippen LogP contribution in [0.15, 0.2) is 12.4 Å². The standard InChI is InChI=1S/C11H16N4O3/c1-15-6-7(4-13-15)10(11(17)18)14-9(16)5-12-8-2-3-8/h4,6,8,10,12H,2-3,5H2,1H3,(H,14,16)(H,17,18). The second kappa shape index (κ2) is 5.18. The van der Waals surface area contributed by atoms with Gasteiger partial charge in [0.15, 0.2) is 6.04 Å². The average Bonchev–Trinajstić information content (AvgIpc) is 3.05. The van der Waals surface area contributed by atoms with Crippen LogP contribution in [0.4, 0.5) is 0 Å². The van der Waals surface area contributed by atoms with Gasteiger partial charge in [-0.2, -0.15) is 5.10 Å². The zero-order valence-electron chi connectivity index (χ0n) is 10.1. The fourth-order valence-electron chi connectivity index (χ4n) is 1.61. The van der Waals surface area contributed by atoms with E-state index in [4.69, 9.17) is 5.11 Å². The van der Waals surface area contributed by atoms with E-state index in [9.17, 15) is 9.59 Å². The third kappa shape index (κ3) is 3.30. The van der Waals surface area contributed by atoms with Gasteiger partial charge in [-0.1, -0.05) is 0 Å². The highest BCUT2D eigenvalue weighted by Crippen LogP contribution is 2.18. The fourth-order valence-corrected chi connectivity index (χ4v) is 1.61. The summed E-state index contributed by atoms with van der Waals surface area (Å²) in [5.41, 5.74) is 0.463. The van der Waals surface area contributed by atoms with Crippen LogP contribution in [-0.2, 0) is 16.6 Å². The number of aryl methyl sites for hydroxylation is 1. The SMILES string of the molecule is Cn1cc(C(NC(=O)CNC2CC2)C(=O)O)cn1. The Labute approximate surface area is 104 Å². The topological polar surface area (TPSA) is 96.2 Å². The molecule has 3 N–H and O–H groups in total. The van der Waals surface area contributed by atoms with Gasteiger partial charge in [-0.05, 0) is 12.8 Å². The van der Waals surface area contributed by atoms with E-state index in [2.05, 4.69) is 15.7 Å². The first-order valence-electron chi connectivity index (χ1n) is 5.80. The molecule has 0 spiro atoms. The summed E-state index contributed by atoms with van der Waals surface area (Å²) in [5.74, 6) is -1.42. The largest absolute Gasteiger partial charge is 0.479 e. The maximum absolute atomic E-state index is 11.6. The molecule has 2 rings (SSSR count). The Morgan fingerprint density at radius 2 is 2.33 bits per heavy atom. The molecule has 0 bridgehead atoms. The third-order valence-corrected chi connectivity index (χ3v) is 2.74. The lowest BCUT2D eigenvalue weighted by Gasteiger charge is -2.13. The van der Waals surface area contributed by atoms with E-state index < -0.39 is 12.0 Å². The average molecular weight is 252 g/mol. The molecule has 0 radical (unpaired) electrons. The number of carboxylic acid groups (broad SMARTS) is 1. The molecule has 1 amide bonds. The van der Waals surface area contributed by atoms with Crippen molar-refractivity contribution in [3.05, 3.63) is 18.0 Å². The molecule has 98 valence electrons. The van der Waals surface area contributed by atoms with E-state index >= 15 is 0 Å². The highest BCUT2D eigenvalue weighted by molar-refractivity contribution is 5.85. The van der Waals surface area contributed by atoms with Crippen LogP contribution in [0.1, 0.15) is 24.4 Å². The fraction of sp³-hybridized carbons (Fsp3) is 0.545. The molecule has 0 saturated heterocycles. The van der Waals surface area contributed by atoms with Crippen LogP contribution in [0.2, 0.25) is 0 Å². The number of aromatic nitrogens is 2. The number of amides is 1. The minimum Gasteiger partial charge on any atom is -0.479 e. The molecule has 1 unspecified atom stereocenters. The van der Waals surface area contributed by atoms with Gasteiger partial charge in [-0.15, -0.1) is 0 Å². The Hall–Kier alpha value is -1.89. The molecule has 1 fully saturated rings. The molecule has 1 atom stereocenters. The maximum atomic E-state index is 11.6. The maximum Gasteiger partial charge on any atom is 0.331 e. The van der Waals surface area contributed by atoms with Crippen molar-refractivity contribution in [2.75, 3.05) is 6.54 Å². The molecule has 7 nitrogen and oxygen atoms in total. The predicted octanol–water partition coefficient (Wildman–Crippen LogP) is -0.586. The molecular weight excluding hydrogens is 236 g/mol. The molecule has 1 aliphatic rings. The Bertz CT molecular complexity index is 453. The second-order valence-electron chi connectivity index (χ2n) is 4.44. The molecule has 1 aliphatic carbocycles. The first-order chi connectivity index (χ1) is 8.56. The van der Waals surface area contributed by atoms with Crippen molar-refractivity contribution < 1.29 is 14.7 Å². The highest BCUT2D eigenvalue weighted by atomic mass is 16.4. The molecular formula is C11H16N4O3. The highest BCUT2D eigenvalue weighted by Gasteiger charge is 2.25. The Morgan fingerprint density at radius 1 is 1.61 bits per heavy atom. The number of carbonyl (C=O) groups is 2. The third-order valence-electron chi connectivity index (χ3n) is 2.74. The second-order valence-corrected chi connectivity index (χ2v) is 4.44. The number of nitrogens with zero attached hydrogens (tertiary/aromatic N) is 2. The van der Waals surface area contributed by atoms with Crippen molar-refractivity contribution in [2.24, 2.45) is 7.05 Å². The number of aliphatic carboxylic acids is 1. The zero-order chi connectivity index (χ0) is 13.1. The predicted molar refractivity (Wildman–Crippen MR) is 62.8 cm³/mol. The van der Waals surface area contributed by atoms with Gasteiger partial charge in [0.25, 0.3) is 0 Å². The molecule has 18 heavy (non-hydrogen) atoms. The Kier molecular flexibility index (Phi) is 3.61. The lowest BCUT2D eigenvalue weighted by molar-refractivity contribution is -0.141. The van der Waals surface area contributed by atoms with Gasteiger partial charge in [0.05, 0.1) is 12.7 Å². The first kappa shape index (κ1) is 12.6. The summed E-state index contributed by atoms with van der Waals surface area (Å²) >= 11 is 0. The van der Waals surface area contributed by atoms with Crippen LogP contribution in [-0.4, -0.2) is 39.4 Å². The van der Waals surface area contributed by atoms with E-state index in [0.29, 0.717) is 11.6 Å². The van der Waals surface area contributed by atoms with E-state index in [1.807, 2.05) is 0 Å². The van der Waals surface area contributed by atoms with Crippen molar-refractivity contribution in [2.45, 2.75) is 24.9 Å². The Morgan fingerprint density at radius 3 is 2.83 bits per heavy atom. The van der Waals surface area contributed by atoms with Crippen molar-refractivity contribution in [3.8, 4) is 0 Å². The summed E-state index contributed by atoms with van der Waals surface area (Å²) in [6.45, 7) is 0.148. The number of carbonyl (C=O) groups excluding carboxylic acids is 1. The summed E-state index contributed by atoms with van der Waals surface area (Å²) in [5, 5.41) is 18.5. The monoisotopic (exact) mass is 252 g/mol. The number of hydrogen-bond acceptors (Lipinski definition) is 4. The van der Waals surface area contributed by atoms with Gasteiger partial charge >= 0.3 is 5.97 Å².